The molecule has 1 unspecified atom stereocenters. The quantitative estimate of drug-likeness (QED) is 0.670. The van der Waals surface area contributed by atoms with Crippen LogP contribution in [0.5, 0.6) is 0 Å². The number of aliphatic hydroxyl groups excluding tert-OH is 1. The van der Waals surface area contributed by atoms with Gasteiger partial charge in [-0.1, -0.05) is 40.2 Å². The molecule has 0 radical (unpaired) electrons. The van der Waals surface area contributed by atoms with Gasteiger partial charge in [0.25, 0.3) is 5.91 Å². The molecule has 0 aliphatic carbocycles. The Balaban J connectivity index is 2.01. The Hall–Kier alpha value is -2.84. The number of aliphatic imine (C=N–C) groups is 1. The number of fused-ring (bicyclic) bond motifs is 3. The smallest absolute Gasteiger partial charge is 0.269 e. The fourth-order valence-electron chi connectivity index (χ4n) is 3.16. The molecule has 1 aliphatic heterocycles. The van der Waals surface area contributed by atoms with E-state index in [1.165, 1.54) is 12.4 Å². The van der Waals surface area contributed by atoms with E-state index in [0.717, 1.165) is 10.0 Å². The van der Waals surface area contributed by atoms with Crippen molar-refractivity contribution in [2.45, 2.75) is 12.9 Å². The summed E-state index contributed by atoms with van der Waals surface area (Å²) in [7, 11) is 0. The number of carbonyl (C=O) groups is 1. The van der Waals surface area contributed by atoms with Gasteiger partial charge in [-0.05, 0) is 18.2 Å². The third kappa shape index (κ3) is 2.96. The maximum absolute atomic E-state index is 13.5. The number of imidazole rings is 1. The molecule has 3 N–H and O–H groups in total. The summed E-state index contributed by atoms with van der Waals surface area (Å²) in [5.74, 6) is -0.638. The van der Waals surface area contributed by atoms with Crippen LogP contribution >= 0.6 is 15.9 Å². The molecule has 8 heteroatoms. The van der Waals surface area contributed by atoms with E-state index in [1.54, 1.807) is 16.7 Å². The summed E-state index contributed by atoms with van der Waals surface area (Å²) in [5.41, 5.74) is 8.95. The van der Waals surface area contributed by atoms with E-state index in [9.17, 15) is 14.3 Å². The Morgan fingerprint density at radius 2 is 2.04 bits per heavy atom. The zero-order valence-corrected chi connectivity index (χ0v) is 15.5. The van der Waals surface area contributed by atoms with Crippen molar-refractivity contribution in [2.24, 2.45) is 10.7 Å². The van der Waals surface area contributed by atoms with Gasteiger partial charge in [-0.15, -0.1) is 0 Å². The normalized spacial score (nSPS) is 14.0. The number of rotatable bonds is 3. The van der Waals surface area contributed by atoms with E-state index in [1.807, 2.05) is 24.3 Å². The number of hydrogen-bond donors (Lipinski definition) is 2. The Morgan fingerprint density at radius 3 is 2.74 bits per heavy atom. The fraction of sp³-hybridized carbons (Fsp3) is 0.105. The van der Waals surface area contributed by atoms with Crippen LogP contribution in [0.2, 0.25) is 0 Å². The number of primary amides is 1. The van der Waals surface area contributed by atoms with Crippen LogP contribution in [-0.4, -0.2) is 26.3 Å². The number of aromatic nitrogens is 2. The predicted molar refractivity (Wildman–Crippen MR) is 102 cm³/mol. The Labute approximate surface area is 162 Å². The highest BCUT2D eigenvalue weighted by atomic mass is 79.9. The van der Waals surface area contributed by atoms with Crippen molar-refractivity contribution in [3.63, 3.8) is 0 Å². The van der Waals surface area contributed by atoms with Crippen LogP contribution < -0.4 is 5.73 Å². The minimum atomic E-state index is -2.11. The van der Waals surface area contributed by atoms with Crippen LogP contribution in [0.25, 0.3) is 5.69 Å². The van der Waals surface area contributed by atoms with Crippen LogP contribution in [-0.2, 0) is 6.54 Å². The summed E-state index contributed by atoms with van der Waals surface area (Å²) < 4.78 is 16.1. The van der Waals surface area contributed by atoms with Crippen molar-refractivity contribution < 1.29 is 14.3 Å². The van der Waals surface area contributed by atoms with Crippen LogP contribution in [0, 0.1) is 0 Å². The van der Waals surface area contributed by atoms with Crippen molar-refractivity contribution in [2.75, 3.05) is 0 Å². The van der Waals surface area contributed by atoms with E-state index in [4.69, 9.17) is 5.73 Å². The summed E-state index contributed by atoms with van der Waals surface area (Å²) in [6.45, 7) is 0.178. The third-order valence-corrected chi connectivity index (χ3v) is 5.12. The first kappa shape index (κ1) is 17.6. The first-order valence-electron chi connectivity index (χ1n) is 8.09. The molecular weight excluding hydrogens is 415 g/mol. The maximum Gasteiger partial charge on any atom is 0.269 e. The minimum absolute atomic E-state index is 0.118. The minimum Gasteiger partial charge on any atom is -0.364 e. The second-order valence-corrected chi connectivity index (χ2v) is 6.89. The van der Waals surface area contributed by atoms with E-state index in [2.05, 4.69) is 25.9 Å². The van der Waals surface area contributed by atoms with Crippen molar-refractivity contribution in [3.8, 4) is 5.69 Å². The highest BCUT2D eigenvalue weighted by Crippen LogP contribution is 2.31. The highest BCUT2D eigenvalue weighted by Gasteiger charge is 2.25. The monoisotopic (exact) mass is 428 g/mol. The molecule has 0 saturated carbocycles. The predicted octanol–water partition coefficient (Wildman–Crippen LogP) is 3.05. The molecule has 1 aliphatic rings. The molecule has 2 aromatic carbocycles. The van der Waals surface area contributed by atoms with Gasteiger partial charge in [-0.25, -0.2) is 9.37 Å². The number of amides is 1. The second-order valence-electron chi connectivity index (χ2n) is 6.03. The SMILES string of the molecule is NC(=O)c1ncn2c1CN=C(c1ccccc1Br)c1cc(C(O)F)ccc1-2. The van der Waals surface area contributed by atoms with Crippen LogP contribution in [0.3, 0.4) is 0 Å². The number of halogens is 2. The Kier molecular flexibility index (Phi) is 4.37. The number of carbonyl (C=O) groups excluding carboxylic acids is 1. The molecule has 2 heterocycles. The molecule has 136 valence electrons. The average Bonchev–Trinajstić information content (AvgIpc) is 3.00. The first-order chi connectivity index (χ1) is 13.0. The number of nitrogens with two attached hydrogens (primary N) is 1. The number of aliphatic hydroxyl groups is 1. The average molecular weight is 429 g/mol. The van der Waals surface area contributed by atoms with Gasteiger partial charge < -0.3 is 10.8 Å². The zero-order chi connectivity index (χ0) is 19.1. The lowest BCUT2D eigenvalue weighted by molar-refractivity contribution is 0.0411. The van der Waals surface area contributed by atoms with Crippen LogP contribution in [0.4, 0.5) is 4.39 Å². The number of hydrogen-bond acceptors (Lipinski definition) is 4. The molecule has 0 saturated heterocycles. The Morgan fingerprint density at radius 1 is 1.26 bits per heavy atom. The second kappa shape index (κ2) is 6.71. The molecular formula is C19H14BrFN4O2. The molecule has 0 fully saturated rings. The fourth-order valence-corrected chi connectivity index (χ4v) is 3.64. The van der Waals surface area contributed by atoms with Gasteiger partial charge in [0, 0.05) is 21.2 Å². The highest BCUT2D eigenvalue weighted by molar-refractivity contribution is 9.10. The van der Waals surface area contributed by atoms with Gasteiger partial charge in [0.05, 0.1) is 23.6 Å². The van der Waals surface area contributed by atoms with E-state index < -0.39 is 12.3 Å². The Bertz CT molecular complexity index is 1090. The van der Waals surface area contributed by atoms with Gasteiger partial charge in [-0.2, -0.15) is 0 Å². The summed E-state index contributed by atoms with van der Waals surface area (Å²) in [5, 5.41) is 9.38. The van der Waals surface area contributed by atoms with Gasteiger partial charge in [-0.3, -0.25) is 14.4 Å². The molecule has 4 rings (SSSR count). The molecule has 6 nitrogen and oxygen atoms in total. The number of nitrogens with zero attached hydrogens (tertiary/aromatic N) is 3. The lowest BCUT2D eigenvalue weighted by atomic mass is 9.98. The lowest BCUT2D eigenvalue weighted by Crippen LogP contribution is -2.14. The van der Waals surface area contributed by atoms with Crippen molar-refractivity contribution in [1.29, 1.82) is 0 Å². The third-order valence-electron chi connectivity index (χ3n) is 4.43. The summed E-state index contributed by atoms with van der Waals surface area (Å²) in [6, 6.07) is 12.2. The molecule has 1 atom stereocenters. The van der Waals surface area contributed by atoms with E-state index in [0.29, 0.717) is 22.7 Å². The first-order valence-corrected chi connectivity index (χ1v) is 8.89. The van der Waals surface area contributed by atoms with Gasteiger partial charge in [0.1, 0.15) is 6.33 Å². The summed E-state index contributed by atoms with van der Waals surface area (Å²) in [6.07, 6.45) is -0.611. The molecule has 1 aromatic heterocycles. The van der Waals surface area contributed by atoms with Crippen molar-refractivity contribution >= 4 is 27.5 Å². The van der Waals surface area contributed by atoms with E-state index in [-0.39, 0.29) is 17.8 Å². The van der Waals surface area contributed by atoms with Crippen molar-refractivity contribution in [1.82, 2.24) is 9.55 Å². The van der Waals surface area contributed by atoms with Crippen molar-refractivity contribution in [3.05, 3.63) is 81.3 Å². The molecule has 27 heavy (non-hydrogen) atoms. The maximum atomic E-state index is 13.5. The summed E-state index contributed by atoms with van der Waals surface area (Å²) >= 11 is 3.52. The summed E-state index contributed by atoms with van der Waals surface area (Å²) in [4.78, 5) is 20.5. The molecule has 3 aromatic rings. The number of alkyl halides is 1. The van der Waals surface area contributed by atoms with Gasteiger partial charge in [0.15, 0.2) is 5.69 Å². The van der Waals surface area contributed by atoms with Crippen LogP contribution in [0.15, 0.2) is 58.3 Å². The lowest BCUT2D eigenvalue weighted by Gasteiger charge is -2.14. The van der Waals surface area contributed by atoms with E-state index >= 15 is 0 Å². The molecule has 0 spiro atoms. The molecule has 0 bridgehead atoms. The van der Waals surface area contributed by atoms with Crippen LogP contribution in [0.1, 0.15) is 39.2 Å². The topological polar surface area (TPSA) is 93.5 Å². The molecule has 1 amide bonds. The number of benzene rings is 2. The zero-order valence-electron chi connectivity index (χ0n) is 13.9. The standard InChI is InChI=1S/C19H14BrFN4O2/c20-13-4-2-1-3-11(13)16-12-7-10(18(21)26)5-6-14(12)25-9-24-17(19(22)27)15(25)8-23-16/h1-7,9,18,26H,8H2,(H2,22,27). The van der Waals surface area contributed by atoms with Gasteiger partial charge >= 0.3 is 0 Å². The largest absolute Gasteiger partial charge is 0.364 e. The van der Waals surface area contributed by atoms with Gasteiger partial charge in [0.2, 0.25) is 6.36 Å².